The fourth-order valence-electron chi connectivity index (χ4n) is 2.00. The number of carbonyl (C=O) groups excluding carboxylic acids is 2. The van der Waals surface area contributed by atoms with Crippen molar-refractivity contribution in [2.24, 2.45) is 11.8 Å². The predicted octanol–water partition coefficient (Wildman–Crippen LogP) is 2.12. The second kappa shape index (κ2) is 5.35. The molecule has 0 unspecified atom stereocenters. The molecule has 0 spiro atoms. The van der Waals surface area contributed by atoms with E-state index < -0.39 is 0 Å². The number of carbonyl (C=O) groups is 2. The fourth-order valence-corrected chi connectivity index (χ4v) is 2.21. The molecule has 0 aromatic carbocycles. The molecular weight excluding hydrogens is 204 g/mol. The van der Waals surface area contributed by atoms with Crippen LogP contribution >= 0.6 is 11.6 Å². The Labute approximate surface area is 88.8 Å². The Morgan fingerprint density at radius 1 is 1.29 bits per heavy atom. The van der Waals surface area contributed by atoms with Crippen LogP contribution in [-0.4, -0.2) is 18.3 Å². The van der Waals surface area contributed by atoms with Crippen molar-refractivity contribution in [1.82, 2.24) is 0 Å². The zero-order chi connectivity index (χ0) is 10.6. The van der Waals surface area contributed by atoms with Gasteiger partial charge in [-0.3, -0.25) is 9.59 Å². The van der Waals surface area contributed by atoms with Crippen LogP contribution in [0.2, 0.25) is 0 Å². The van der Waals surface area contributed by atoms with Gasteiger partial charge < -0.3 is 4.74 Å². The number of methoxy groups -OCH3 is 1. The Morgan fingerprint density at radius 3 is 2.29 bits per heavy atom. The molecule has 1 aliphatic carbocycles. The zero-order valence-electron chi connectivity index (χ0n) is 8.29. The highest BCUT2D eigenvalue weighted by molar-refractivity contribution is 6.63. The molecule has 1 aliphatic rings. The molecule has 0 aromatic heterocycles. The lowest BCUT2D eigenvalue weighted by Crippen LogP contribution is -2.23. The third kappa shape index (κ3) is 3.29. The van der Waals surface area contributed by atoms with E-state index in [9.17, 15) is 9.59 Å². The first kappa shape index (κ1) is 11.5. The quantitative estimate of drug-likeness (QED) is 0.538. The molecule has 0 aliphatic heterocycles. The summed E-state index contributed by atoms with van der Waals surface area (Å²) in [6.07, 6.45) is 3.88. The van der Waals surface area contributed by atoms with Crippen molar-refractivity contribution in [3.05, 3.63) is 0 Å². The molecule has 1 rings (SSSR count). The smallest absolute Gasteiger partial charge is 0.308 e. The van der Waals surface area contributed by atoms with E-state index in [1.54, 1.807) is 0 Å². The van der Waals surface area contributed by atoms with E-state index in [1.807, 2.05) is 0 Å². The van der Waals surface area contributed by atoms with Crippen molar-refractivity contribution in [3.8, 4) is 0 Å². The van der Waals surface area contributed by atoms with E-state index in [0.717, 1.165) is 25.7 Å². The van der Waals surface area contributed by atoms with Gasteiger partial charge in [0.1, 0.15) is 0 Å². The molecule has 0 N–H and O–H groups in total. The van der Waals surface area contributed by atoms with Crippen LogP contribution in [0.1, 0.15) is 32.1 Å². The molecule has 0 saturated heterocycles. The van der Waals surface area contributed by atoms with Gasteiger partial charge in [-0.2, -0.15) is 0 Å². The van der Waals surface area contributed by atoms with Crippen molar-refractivity contribution in [2.75, 3.05) is 7.11 Å². The van der Waals surface area contributed by atoms with Gasteiger partial charge in [0.2, 0.25) is 5.24 Å². The summed E-state index contributed by atoms with van der Waals surface area (Å²) in [4.78, 5) is 21.8. The number of rotatable bonds is 3. The van der Waals surface area contributed by atoms with E-state index in [2.05, 4.69) is 4.74 Å². The molecule has 0 radical (unpaired) electrons. The highest BCUT2D eigenvalue weighted by atomic mass is 35.5. The summed E-state index contributed by atoms with van der Waals surface area (Å²) in [5.41, 5.74) is 0. The molecule has 0 amide bonds. The van der Waals surface area contributed by atoms with E-state index in [1.165, 1.54) is 7.11 Å². The van der Waals surface area contributed by atoms with Crippen molar-refractivity contribution in [2.45, 2.75) is 32.1 Å². The Bertz CT molecular complexity index is 219. The minimum absolute atomic E-state index is 0.0293. The maximum atomic E-state index is 11.2. The highest BCUT2D eigenvalue weighted by Crippen LogP contribution is 2.31. The number of hydrogen-bond acceptors (Lipinski definition) is 3. The van der Waals surface area contributed by atoms with Gasteiger partial charge in [0.05, 0.1) is 13.0 Å². The monoisotopic (exact) mass is 218 g/mol. The summed E-state index contributed by atoms with van der Waals surface area (Å²) in [6, 6.07) is 0. The van der Waals surface area contributed by atoms with Gasteiger partial charge in [-0.25, -0.2) is 0 Å². The molecule has 3 nitrogen and oxygen atoms in total. The first-order valence-corrected chi connectivity index (χ1v) is 5.27. The van der Waals surface area contributed by atoms with Gasteiger partial charge in [-0.05, 0) is 43.2 Å². The van der Waals surface area contributed by atoms with Crippen LogP contribution in [0.3, 0.4) is 0 Å². The molecule has 0 atom stereocenters. The number of hydrogen-bond donors (Lipinski definition) is 0. The first-order chi connectivity index (χ1) is 6.63. The zero-order valence-corrected chi connectivity index (χ0v) is 9.05. The van der Waals surface area contributed by atoms with Gasteiger partial charge in [-0.15, -0.1) is 0 Å². The van der Waals surface area contributed by atoms with E-state index >= 15 is 0 Å². The minimum Gasteiger partial charge on any atom is -0.469 e. The van der Waals surface area contributed by atoms with Gasteiger partial charge >= 0.3 is 5.97 Å². The second-order valence-corrected chi connectivity index (χ2v) is 4.22. The Kier molecular flexibility index (Phi) is 4.39. The normalized spacial score (nSPS) is 27.0. The molecule has 14 heavy (non-hydrogen) atoms. The van der Waals surface area contributed by atoms with Crippen LogP contribution in [0.25, 0.3) is 0 Å². The number of halogens is 1. The minimum atomic E-state index is -0.272. The average molecular weight is 219 g/mol. The van der Waals surface area contributed by atoms with Crippen molar-refractivity contribution in [3.63, 3.8) is 0 Å². The van der Waals surface area contributed by atoms with E-state index in [4.69, 9.17) is 11.6 Å². The lowest BCUT2D eigenvalue weighted by molar-refractivity contribution is -0.146. The maximum absolute atomic E-state index is 11.2. The summed E-state index contributed by atoms with van der Waals surface area (Å²) < 4.78 is 4.67. The van der Waals surface area contributed by atoms with Gasteiger partial charge in [0.15, 0.2) is 0 Å². The number of ether oxygens (including phenoxy) is 1. The SMILES string of the molecule is COC(=O)C1CCC(CC(=O)Cl)CC1. The lowest BCUT2D eigenvalue weighted by atomic mass is 9.81. The number of esters is 1. The van der Waals surface area contributed by atoms with Crippen molar-refractivity contribution >= 4 is 22.8 Å². The summed E-state index contributed by atoms with van der Waals surface area (Å²) >= 11 is 5.31. The molecule has 80 valence electrons. The standard InChI is InChI=1S/C10H15ClO3/c1-14-10(13)8-4-2-7(3-5-8)6-9(11)12/h7-8H,2-6H2,1H3. The maximum Gasteiger partial charge on any atom is 0.308 e. The molecule has 4 heteroatoms. The van der Waals surface area contributed by atoms with E-state index in [-0.39, 0.29) is 17.1 Å². The van der Waals surface area contributed by atoms with Crippen LogP contribution < -0.4 is 0 Å². The van der Waals surface area contributed by atoms with Crippen molar-refractivity contribution < 1.29 is 14.3 Å². The van der Waals surface area contributed by atoms with Crippen LogP contribution in [0.15, 0.2) is 0 Å². The largest absolute Gasteiger partial charge is 0.469 e. The summed E-state index contributed by atoms with van der Waals surface area (Å²) in [5, 5.41) is -0.272. The summed E-state index contributed by atoms with van der Waals surface area (Å²) in [6.45, 7) is 0. The van der Waals surface area contributed by atoms with Gasteiger partial charge in [-0.1, -0.05) is 0 Å². The topological polar surface area (TPSA) is 43.4 Å². The van der Waals surface area contributed by atoms with Crippen molar-refractivity contribution in [1.29, 1.82) is 0 Å². The average Bonchev–Trinajstić information content (AvgIpc) is 2.17. The van der Waals surface area contributed by atoms with Gasteiger partial charge in [0, 0.05) is 6.42 Å². The molecule has 0 heterocycles. The Morgan fingerprint density at radius 2 is 1.86 bits per heavy atom. The molecular formula is C10H15ClO3. The first-order valence-electron chi connectivity index (χ1n) is 4.89. The van der Waals surface area contributed by atoms with Gasteiger partial charge in [0.25, 0.3) is 0 Å². The molecule has 1 fully saturated rings. The van der Waals surface area contributed by atoms with Crippen LogP contribution in [-0.2, 0) is 14.3 Å². The second-order valence-electron chi connectivity index (χ2n) is 3.80. The third-order valence-corrected chi connectivity index (χ3v) is 2.98. The molecule has 0 bridgehead atoms. The summed E-state index contributed by atoms with van der Waals surface area (Å²) in [7, 11) is 1.41. The highest BCUT2D eigenvalue weighted by Gasteiger charge is 2.27. The van der Waals surface area contributed by atoms with Crippen LogP contribution in [0, 0.1) is 11.8 Å². The third-order valence-electron chi connectivity index (χ3n) is 2.83. The summed E-state index contributed by atoms with van der Waals surface area (Å²) in [5.74, 6) is 0.267. The molecule has 0 aromatic rings. The fraction of sp³-hybridized carbons (Fsp3) is 0.800. The van der Waals surface area contributed by atoms with Crippen LogP contribution in [0.5, 0.6) is 0 Å². The molecule has 1 saturated carbocycles. The van der Waals surface area contributed by atoms with Crippen LogP contribution in [0.4, 0.5) is 0 Å². The Hall–Kier alpha value is -0.570. The Balaban J connectivity index is 2.31. The lowest BCUT2D eigenvalue weighted by Gasteiger charge is -2.25. The predicted molar refractivity (Wildman–Crippen MR) is 52.9 cm³/mol. The van der Waals surface area contributed by atoms with E-state index in [0.29, 0.717) is 12.3 Å².